The van der Waals surface area contributed by atoms with Crippen molar-refractivity contribution in [2.45, 2.75) is 6.92 Å². The molecule has 96 valence electrons. The van der Waals surface area contributed by atoms with Crippen LogP contribution in [0.3, 0.4) is 0 Å². The van der Waals surface area contributed by atoms with Gasteiger partial charge in [0.25, 0.3) is 0 Å². The van der Waals surface area contributed by atoms with E-state index in [0.29, 0.717) is 22.7 Å². The lowest BCUT2D eigenvalue weighted by molar-refractivity contribution is 0.101. The highest BCUT2D eigenvalue weighted by Gasteiger charge is 1.99. The second-order valence-corrected chi connectivity index (χ2v) is 3.63. The average Bonchev–Trinajstić information content (AvgIpc) is 2.90. The fourth-order valence-electron chi connectivity index (χ4n) is 1.35. The number of nitrogen functional groups attached to an aromatic ring is 1. The standard InChI is InChI=1S/C7H7NO.C5H5N5/c1-6(9)7-4-2-3-5-8-7;6-4-3-5(9-1-7-3)10-2-8-4/h2-5H,1H3;1-2H,(H3,6,7,8,9,10). The molecular weight excluding hydrogens is 244 g/mol. The molecule has 0 atom stereocenters. The zero-order valence-electron chi connectivity index (χ0n) is 10.2. The van der Waals surface area contributed by atoms with Crippen molar-refractivity contribution in [1.82, 2.24) is 24.9 Å². The molecule has 0 amide bonds. The highest BCUT2D eigenvalue weighted by atomic mass is 16.1. The van der Waals surface area contributed by atoms with E-state index >= 15 is 0 Å². The molecule has 7 heteroatoms. The molecule has 0 spiro atoms. The summed E-state index contributed by atoms with van der Waals surface area (Å²) in [6.45, 7) is 1.50. The summed E-state index contributed by atoms with van der Waals surface area (Å²) in [4.78, 5) is 28.8. The summed E-state index contributed by atoms with van der Waals surface area (Å²) in [6, 6.07) is 5.28. The van der Waals surface area contributed by atoms with Crippen LogP contribution in [0.25, 0.3) is 11.2 Å². The molecule has 0 unspecified atom stereocenters. The number of nitrogens with one attached hydrogen (secondary N) is 1. The number of fused-ring (bicyclic) bond motifs is 1. The predicted molar refractivity (Wildman–Crippen MR) is 70.3 cm³/mol. The summed E-state index contributed by atoms with van der Waals surface area (Å²) < 4.78 is 0. The van der Waals surface area contributed by atoms with Crippen LogP contribution in [0.1, 0.15) is 17.4 Å². The zero-order valence-corrected chi connectivity index (χ0v) is 10.2. The van der Waals surface area contributed by atoms with Gasteiger partial charge in [0.15, 0.2) is 17.2 Å². The molecule has 0 saturated heterocycles. The predicted octanol–water partition coefficient (Wildman–Crippen LogP) is 1.22. The van der Waals surface area contributed by atoms with Crippen LogP contribution in [0.15, 0.2) is 37.1 Å². The fraction of sp³-hybridized carbons (Fsp3) is 0.0833. The Hall–Kier alpha value is -2.83. The fourth-order valence-corrected chi connectivity index (χ4v) is 1.35. The Morgan fingerprint density at radius 3 is 2.63 bits per heavy atom. The number of carbonyl (C=O) groups is 1. The minimum atomic E-state index is 0.00981. The van der Waals surface area contributed by atoms with E-state index in [1.165, 1.54) is 19.6 Å². The van der Waals surface area contributed by atoms with Crippen molar-refractivity contribution in [3.63, 3.8) is 0 Å². The number of nitrogens with zero attached hydrogens (tertiary/aromatic N) is 4. The Morgan fingerprint density at radius 2 is 2.05 bits per heavy atom. The summed E-state index contributed by atoms with van der Waals surface area (Å²) in [6.07, 6.45) is 4.54. The highest BCUT2D eigenvalue weighted by Crippen LogP contribution is 2.09. The lowest BCUT2D eigenvalue weighted by Crippen LogP contribution is -1.93. The largest absolute Gasteiger partial charge is 0.382 e. The van der Waals surface area contributed by atoms with E-state index in [0.717, 1.165) is 0 Å². The topological polar surface area (TPSA) is 110 Å². The number of anilines is 1. The molecule has 0 aliphatic heterocycles. The number of rotatable bonds is 1. The van der Waals surface area contributed by atoms with Crippen LogP contribution in [-0.2, 0) is 0 Å². The Morgan fingerprint density at radius 1 is 1.21 bits per heavy atom. The van der Waals surface area contributed by atoms with Gasteiger partial charge in [-0.05, 0) is 12.1 Å². The number of imidazole rings is 1. The van der Waals surface area contributed by atoms with E-state index in [2.05, 4.69) is 24.9 Å². The quantitative estimate of drug-likeness (QED) is 0.633. The summed E-state index contributed by atoms with van der Waals surface area (Å²) in [5.41, 5.74) is 7.29. The number of aromatic nitrogens is 5. The number of hydrogen-bond donors (Lipinski definition) is 2. The van der Waals surface area contributed by atoms with Gasteiger partial charge in [0.2, 0.25) is 0 Å². The normalized spacial score (nSPS) is 9.74. The molecule has 0 fully saturated rings. The Labute approximate surface area is 108 Å². The molecule has 0 saturated carbocycles. The first-order valence-electron chi connectivity index (χ1n) is 5.50. The Bertz CT molecular complexity index is 679. The average molecular weight is 256 g/mol. The first-order chi connectivity index (χ1) is 9.18. The third-order valence-corrected chi connectivity index (χ3v) is 2.27. The second kappa shape index (κ2) is 5.67. The van der Waals surface area contributed by atoms with Gasteiger partial charge in [-0.2, -0.15) is 0 Å². The monoisotopic (exact) mass is 256 g/mol. The van der Waals surface area contributed by atoms with E-state index in [1.807, 2.05) is 0 Å². The molecule has 3 aromatic rings. The minimum absolute atomic E-state index is 0.00981. The molecule has 3 heterocycles. The molecule has 0 aromatic carbocycles. The van der Waals surface area contributed by atoms with Crippen LogP contribution in [0.2, 0.25) is 0 Å². The lowest BCUT2D eigenvalue weighted by Gasteiger charge is -1.88. The van der Waals surface area contributed by atoms with Crippen LogP contribution < -0.4 is 5.73 Å². The Balaban J connectivity index is 0.000000141. The second-order valence-electron chi connectivity index (χ2n) is 3.63. The molecule has 0 radical (unpaired) electrons. The van der Waals surface area contributed by atoms with Gasteiger partial charge in [-0.3, -0.25) is 9.78 Å². The van der Waals surface area contributed by atoms with Crippen molar-refractivity contribution in [2.75, 3.05) is 5.73 Å². The maximum Gasteiger partial charge on any atom is 0.178 e. The third-order valence-electron chi connectivity index (χ3n) is 2.27. The van der Waals surface area contributed by atoms with Gasteiger partial charge in [0.05, 0.1) is 6.33 Å². The van der Waals surface area contributed by atoms with Crippen molar-refractivity contribution < 1.29 is 4.79 Å². The van der Waals surface area contributed by atoms with E-state index in [4.69, 9.17) is 5.73 Å². The Kier molecular flexibility index (Phi) is 3.77. The molecule has 3 rings (SSSR count). The minimum Gasteiger partial charge on any atom is -0.382 e. The van der Waals surface area contributed by atoms with Gasteiger partial charge in [-0.15, -0.1) is 0 Å². The van der Waals surface area contributed by atoms with E-state index in [-0.39, 0.29) is 5.78 Å². The van der Waals surface area contributed by atoms with Crippen LogP contribution in [0.4, 0.5) is 5.82 Å². The maximum atomic E-state index is 10.6. The van der Waals surface area contributed by atoms with Crippen molar-refractivity contribution in [1.29, 1.82) is 0 Å². The molecular formula is C12H12N6O. The molecule has 0 aliphatic rings. The lowest BCUT2D eigenvalue weighted by atomic mass is 10.3. The number of pyridine rings is 1. The van der Waals surface area contributed by atoms with Crippen LogP contribution in [0.5, 0.6) is 0 Å². The number of H-pyrrole nitrogens is 1. The van der Waals surface area contributed by atoms with Crippen LogP contribution >= 0.6 is 0 Å². The van der Waals surface area contributed by atoms with Gasteiger partial charge in [0.1, 0.15) is 17.5 Å². The molecule has 19 heavy (non-hydrogen) atoms. The van der Waals surface area contributed by atoms with Crippen molar-refractivity contribution in [3.05, 3.63) is 42.7 Å². The van der Waals surface area contributed by atoms with Gasteiger partial charge in [-0.1, -0.05) is 6.07 Å². The first-order valence-corrected chi connectivity index (χ1v) is 5.50. The number of nitrogens with two attached hydrogens (primary N) is 1. The molecule has 3 aromatic heterocycles. The van der Waals surface area contributed by atoms with Crippen molar-refractivity contribution in [3.8, 4) is 0 Å². The highest BCUT2D eigenvalue weighted by molar-refractivity contribution is 5.91. The van der Waals surface area contributed by atoms with Crippen LogP contribution in [0, 0.1) is 0 Å². The summed E-state index contributed by atoms with van der Waals surface area (Å²) in [7, 11) is 0. The number of Topliss-reactive ketones (excluding diaryl/α,β-unsaturated/α-hetero) is 1. The third kappa shape index (κ3) is 3.09. The van der Waals surface area contributed by atoms with E-state index in [1.54, 1.807) is 24.4 Å². The molecule has 0 aliphatic carbocycles. The van der Waals surface area contributed by atoms with Gasteiger partial charge < -0.3 is 10.7 Å². The number of hydrogen-bond acceptors (Lipinski definition) is 6. The molecule has 0 bridgehead atoms. The van der Waals surface area contributed by atoms with Gasteiger partial charge in [0, 0.05) is 13.1 Å². The SMILES string of the molecule is CC(=O)c1ccccn1.Nc1ncnc2[nH]cnc12. The molecule has 3 N–H and O–H groups in total. The summed E-state index contributed by atoms with van der Waals surface area (Å²) >= 11 is 0. The van der Waals surface area contributed by atoms with Crippen LogP contribution in [-0.4, -0.2) is 30.7 Å². The summed E-state index contributed by atoms with van der Waals surface area (Å²) in [5.74, 6) is 0.418. The van der Waals surface area contributed by atoms with Gasteiger partial charge in [-0.25, -0.2) is 15.0 Å². The van der Waals surface area contributed by atoms with Gasteiger partial charge >= 0.3 is 0 Å². The smallest absolute Gasteiger partial charge is 0.178 e. The number of aromatic amines is 1. The number of carbonyl (C=O) groups excluding carboxylic acids is 1. The first kappa shape index (κ1) is 12.6. The zero-order chi connectivity index (χ0) is 13.7. The maximum absolute atomic E-state index is 10.6. The van der Waals surface area contributed by atoms with Crippen molar-refractivity contribution in [2.24, 2.45) is 0 Å². The van der Waals surface area contributed by atoms with E-state index < -0.39 is 0 Å². The van der Waals surface area contributed by atoms with Crippen molar-refractivity contribution >= 4 is 22.8 Å². The molecule has 7 nitrogen and oxygen atoms in total. The summed E-state index contributed by atoms with van der Waals surface area (Å²) in [5, 5.41) is 0. The van der Waals surface area contributed by atoms with E-state index in [9.17, 15) is 4.79 Å². The number of ketones is 1.